The van der Waals surface area contributed by atoms with Crippen LogP contribution in [0, 0.1) is 18.8 Å². The number of tetrazole rings is 2. The second kappa shape index (κ2) is 14.4. The molecule has 0 fully saturated rings. The van der Waals surface area contributed by atoms with E-state index in [0.29, 0.717) is 18.4 Å². The highest BCUT2D eigenvalue weighted by atomic mass is 35.5. The van der Waals surface area contributed by atoms with Crippen LogP contribution < -0.4 is 10.6 Å². The number of benzene rings is 2. The number of halogens is 3. The second-order valence-corrected chi connectivity index (χ2v) is 11.1. The summed E-state index contributed by atoms with van der Waals surface area (Å²) >= 11 is 18.9. The molecule has 236 valence electrons. The lowest BCUT2D eigenvalue weighted by Crippen LogP contribution is -2.27. The zero-order valence-corrected chi connectivity index (χ0v) is 26.1. The van der Waals surface area contributed by atoms with Gasteiger partial charge in [0.25, 0.3) is 0 Å². The Morgan fingerprint density at radius 3 is 2.09 bits per heavy atom. The maximum absolute atomic E-state index is 12.6. The summed E-state index contributed by atoms with van der Waals surface area (Å²) in [5.74, 6) is -5.11. The molecule has 19 heteroatoms. The second-order valence-electron chi connectivity index (χ2n) is 9.93. The van der Waals surface area contributed by atoms with E-state index in [4.69, 9.17) is 44.6 Å². The highest BCUT2D eigenvalue weighted by Gasteiger charge is 2.25. The zero-order valence-electron chi connectivity index (χ0n) is 23.9. The number of rotatable bonds is 10. The lowest BCUT2D eigenvalue weighted by atomic mass is 9.86. The van der Waals surface area contributed by atoms with E-state index in [1.54, 1.807) is 13.0 Å². The number of amides is 2. The van der Waals surface area contributed by atoms with Crippen LogP contribution in [0.5, 0.6) is 0 Å². The molecule has 16 nitrogen and oxygen atoms in total. The van der Waals surface area contributed by atoms with Crippen LogP contribution in [-0.2, 0) is 30.3 Å². The Kier molecular flexibility index (Phi) is 10.6. The van der Waals surface area contributed by atoms with Gasteiger partial charge in [-0.1, -0.05) is 48.7 Å². The lowest BCUT2D eigenvalue weighted by Gasteiger charge is -2.23. The largest absolute Gasteiger partial charge is 0.474 e. The summed E-state index contributed by atoms with van der Waals surface area (Å²) in [5, 5.41) is 35.9. The molecule has 4 rings (SSSR count). The zero-order chi connectivity index (χ0) is 32.8. The van der Waals surface area contributed by atoms with Crippen molar-refractivity contribution >= 4 is 69.9 Å². The molecule has 0 bridgehead atoms. The number of aromatic nitrogens is 8. The van der Waals surface area contributed by atoms with Crippen LogP contribution in [0.4, 0.5) is 11.4 Å². The van der Waals surface area contributed by atoms with Crippen molar-refractivity contribution in [3.05, 3.63) is 57.0 Å². The molecule has 2 atom stereocenters. The number of hydrogen-bond donors (Lipinski definition) is 3. The molecular weight excluding hydrogens is 655 g/mol. The van der Waals surface area contributed by atoms with Crippen molar-refractivity contribution < 1.29 is 29.0 Å². The molecule has 0 unspecified atom stereocenters. The van der Waals surface area contributed by atoms with E-state index in [2.05, 4.69) is 41.7 Å². The number of nitrogens with one attached hydrogen (secondary N) is 2. The number of carbonyl (C=O) groups is 4. The van der Waals surface area contributed by atoms with E-state index in [0.717, 1.165) is 5.56 Å². The average molecular weight is 680 g/mol. The first-order chi connectivity index (χ1) is 21.4. The molecule has 0 saturated heterocycles. The topological polar surface area (TPSA) is 209 Å². The first-order valence-electron chi connectivity index (χ1n) is 13.2. The van der Waals surface area contributed by atoms with Crippen LogP contribution in [0.3, 0.4) is 0 Å². The minimum Gasteiger partial charge on any atom is -0.474 e. The molecule has 2 amide bonds. The number of esters is 1. The molecule has 45 heavy (non-hydrogen) atoms. The molecule has 0 spiro atoms. The molecule has 0 aliphatic carbocycles. The van der Waals surface area contributed by atoms with Gasteiger partial charge in [0.2, 0.25) is 0 Å². The fourth-order valence-electron chi connectivity index (χ4n) is 4.26. The van der Waals surface area contributed by atoms with Gasteiger partial charge < -0.3 is 20.5 Å². The van der Waals surface area contributed by atoms with Crippen molar-refractivity contribution in [1.82, 2.24) is 40.4 Å². The van der Waals surface area contributed by atoms with E-state index >= 15 is 0 Å². The number of ether oxygens (including phenoxy) is 1. The normalized spacial score (nSPS) is 12.3. The minimum absolute atomic E-state index is 0.00991. The molecule has 2 heterocycles. The van der Waals surface area contributed by atoms with Crippen LogP contribution in [0.15, 0.2) is 30.9 Å². The van der Waals surface area contributed by atoms with Gasteiger partial charge in [0.1, 0.15) is 12.7 Å². The Morgan fingerprint density at radius 2 is 1.49 bits per heavy atom. The van der Waals surface area contributed by atoms with Crippen molar-refractivity contribution in [2.24, 2.45) is 11.8 Å². The predicted molar refractivity (Wildman–Crippen MR) is 161 cm³/mol. The van der Waals surface area contributed by atoms with E-state index in [1.165, 1.54) is 34.2 Å². The van der Waals surface area contributed by atoms with Crippen LogP contribution in [-0.4, -0.2) is 75.9 Å². The number of carboxylic acids is 1. The third kappa shape index (κ3) is 7.71. The van der Waals surface area contributed by atoms with Gasteiger partial charge in [-0.3, -0.25) is 9.59 Å². The van der Waals surface area contributed by atoms with Crippen molar-refractivity contribution in [3.8, 4) is 11.4 Å². The van der Waals surface area contributed by atoms with Gasteiger partial charge in [0, 0.05) is 0 Å². The monoisotopic (exact) mass is 678 g/mol. The quantitative estimate of drug-likeness (QED) is 0.163. The highest BCUT2D eigenvalue weighted by Crippen LogP contribution is 2.37. The third-order valence-corrected chi connectivity index (χ3v) is 8.32. The maximum atomic E-state index is 12.6. The van der Waals surface area contributed by atoms with Gasteiger partial charge in [-0.05, 0) is 81.8 Å². The number of nitrogens with zero attached hydrogens (tertiary/aromatic N) is 8. The van der Waals surface area contributed by atoms with Gasteiger partial charge >= 0.3 is 23.8 Å². The van der Waals surface area contributed by atoms with Crippen molar-refractivity contribution in [3.63, 3.8) is 0 Å². The maximum Gasteiger partial charge on any atom is 0.397 e. The molecule has 2 aromatic heterocycles. The summed E-state index contributed by atoms with van der Waals surface area (Å²) in [7, 11) is 0. The molecule has 3 N–H and O–H groups in total. The van der Waals surface area contributed by atoms with Crippen molar-refractivity contribution in [1.29, 1.82) is 0 Å². The average Bonchev–Trinajstić information content (AvgIpc) is 3.74. The third-order valence-electron chi connectivity index (χ3n) is 7.04. The van der Waals surface area contributed by atoms with Gasteiger partial charge in [0.15, 0.2) is 0 Å². The van der Waals surface area contributed by atoms with Gasteiger partial charge in [-0.25, -0.2) is 9.59 Å². The van der Waals surface area contributed by atoms with E-state index in [9.17, 15) is 19.2 Å². The van der Waals surface area contributed by atoms with Gasteiger partial charge in [-0.2, -0.15) is 9.36 Å². The van der Waals surface area contributed by atoms with Crippen molar-refractivity contribution in [2.75, 3.05) is 17.2 Å². The number of carbonyl (C=O) groups excluding carboxylic acids is 3. The number of hydrogen-bond acceptors (Lipinski definition) is 11. The van der Waals surface area contributed by atoms with Crippen LogP contribution in [0.2, 0.25) is 15.1 Å². The Bertz CT molecular complexity index is 1730. The van der Waals surface area contributed by atoms with Gasteiger partial charge in [-0.15, -0.1) is 10.2 Å². The summed E-state index contributed by atoms with van der Waals surface area (Å²) in [6.07, 6.45) is 3.50. The van der Waals surface area contributed by atoms with E-state index in [-0.39, 0.29) is 56.3 Å². The number of aliphatic carboxylic acids is 1. The Labute approximate surface area is 270 Å². The molecule has 0 radical (unpaired) electrons. The summed E-state index contributed by atoms with van der Waals surface area (Å²) < 4.78 is 7.72. The molecule has 2 aromatic carbocycles. The highest BCUT2D eigenvalue weighted by molar-refractivity contribution is 6.45. The van der Waals surface area contributed by atoms with Crippen LogP contribution in [0.1, 0.15) is 31.4 Å². The minimum atomic E-state index is -1.68. The summed E-state index contributed by atoms with van der Waals surface area (Å²) in [6.45, 7) is 5.65. The number of anilines is 2. The Hall–Kier alpha value is -4.67. The summed E-state index contributed by atoms with van der Waals surface area (Å²) in [4.78, 5) is 48.2. The van der Waals surface area contributed by atoms with Crippen molar-refractivity contribution in [2.45, 2.75) is 33.6 Å². The fourth-order valence-corrected chi connectivity index (χ4v) is 4.89. The molecule has 0 saturated carbocycles. The molecular formula is C26H25Cl3N10O6. The predicted octanol–water partition coefficient (Wildman–Crippen LogP) is 3.32. The molecule has 0 aliphatic heterocycles. The summed E-state index contributed by atoms with van der Waals surface area (Å²) in [5.41, 5.74) is 2.07. The Morgan fingerprint density at radius 1 is 0.889 bits per heavy atom. The molecule has 0 aliphatic rings. The molecule has 4 aromatic rings. The fraction of sp³-hybridized carbons (Fsp3) is 0.308. The smallest absolute Gasteiger partial charge is 0.397 e. The lowest BCUT2D eigenvalue weighted by molar-refractivity contribution is -0.152. The first kappa shape index (κ1) is 33.2. The standard InChI is InChI=1S/C26H25Cl3N10O6/c1-12(6-7-45-26(44)24(41)33-21-17(38-10-30-34-36-38)5-4-16(27)20(21)29)13(2)8-15-9-18(39-11-31-35-37-39)22(19(28)14(15)3)32-23(40)25(42)43/h4-5,9-13H,6-8H2,1-3H3,(H,32,40)(H,33,41)(H,42,43)/t12-,13+/m1/s1. The SMILES string of the molecule is Cc1c(C[C@H](C)[C@H](C)CCOC(=O)C(=O)Nc2c(-n3cnnn3)ccc(Cl)c2Cl)cc(-n2cnnn2)c(NC(=O)C(=O)O)c1Cl. The van der Waals surface area contributed by atoms with Crippen LogP contribution >= 0.6 is 34.8 Å². The van der Waals surface area contributed by atoms with E-state index < -0.39 is 23.8 Å². The number of carboxylic acid groups (broad SMARTS) is 1. The van der Waals surface area contributed by atoms with E-state index in [1.807, 2.05) is 13.8 Å². The van der Waals surface area contributed by atoms with Gasteiger partial charge in [0.05, 0.1) is 44.4 Å². The first-order valence-corrected chi connectivity index (χ1v) is 14.3. The van der Waals surface area contributed by atoms with Crippen LogP contribution in [0.25, 0.3) is 11.4 Å². The summed E-state index contributed by atoms with van der Waals surface area (Å²) in [6, 6.07) is 4.73. The Balaban J connectivity index is 1.39.